The molecule has 0 radical (unpaired) electrons. The maximum absolute atomic E-state index is 10.7. The third-order valence-corrected chi connectivity index (χ3v) is 1.47. The topological polar surface area (TPSA) is 64.4 Å². The van der Waals surface area contributed by atoms with Crippen molar-refractivity contribution in [2.45, 2.75) is 19.8 Å². The summed E-state index contributed by atoms with van der Waals surface area (Å²) < 4.78 is 9.32. The summed E-state index contributed by atoms with van der Waals surface area (Å²) in [5.74, 6) is 1.14. The summed E-state index contributed by atoms with van der Waals surface area (Å²) in [5, 5.41) is 6.04. The monoisotopic (exact) mass is 184 g/mol. The molecule has 0 atom stereocenters. The molecular formula is C8H12N2O3. The summed E-state index contributed by atoms with van der Waals surface area (Å²) in [4.78, 5) is 10.7. The van der Waals surface area contributed by atoms with E-state index in [9.17, 15) is 4.79 Å². The van der Waals surface area contributed by atoms with E-state index < -0.39 is 6.09 Å². The predicted molar refractivity (Wildman–Crippen MR) is 46.5 cm³/mol. The Balaban J connectivity index is 2.53. The lowest BCUT2D eigenvalue weighted by Gasteiger charge is -1.95. The average Bonchev–Trinajstić information content (AvgIpc) is 2.53. The van der Waals surface area contributed by atoms with Gasteiger partial charge in [0.15, 0.2) is 5.82 Å². The van der Waals surface area contributed by atoms with E-state index in [1.807, 2.05) is 6.92 Å². The van der Waals surface area contributed by atoms with E-state index in [4.69, 9.17) is 4.52 Å². The van der Waals surface area contributed by atoms with Gasteiger partial charge in [-0.1, -0.05) is 12.1 Å². The van der Waals surface area contributed by atoms with E-state index in [1.165, 1.54) is 7.11 Å². The number of aromatic nitrogens is 1. The van der Waals surface area contributed by atoms with Crippen LogP contribution in [0.15, 0.2) is 10.6 Å². The number of carbonyl (C=O) groups excluding carboxylic acids is 1. The van der Waals surface area contributed by atoms with Gasteiger partial charge in [0, 0.05) is 12.5 Å². The molecule has 72 valence electrons. The van der Waals surface area contributed by atoms with Crippen molar-refractivity contribution in [3.63, 3.8) is 0 Å². The molecule has 1 aromatic heterocycles. The minimum atomic E-state index is -0.545. The Hall–Kier alpha value is -1.52. The average molecular weight is 184 g/mol. The van der Waals surface area contributed by atoms with Crippen LogP contribution in [0.5, 0.6) is 0 Å². The van der Waals surface area contributed by atoms with Gasteiger partial charge in [-0.25, -0.2) is 4.79 Å². The molecule has 0 spiro atoms. The van der Waals surface area contributed by atoms with Crippen molar-refractivity contribution in [3.8, 4) is 0 Å². The molecule has 0 aliphatic rings. The molecule has 0 unspecified atom stereocenters. The molecular weight excluding hydrogens is 172 g/mol. The molecule has 5 nitrogen and oxygen atoms in total. The van der Waals surface area contributed by atoms with E-state index in [0.717, 1.165) is 18.6 Å². The number of hydrogen-bond acceptors (Lipinski definition) is 4. The van der Waals surface area contributed by atoms with Crippen molar-refractivity contribution in [1.29, 1.82) is 0 Å². The van der Waals surface area contributed by atoms with E-state index >= 15 is 0 Å². The quantitative estimate of drug-likeness (QED) is 0.777. The van der Waals surface area contributed by atoms with Crippen LogP contribution >= 0.6 is 0 Å². The van der Waals surface area contributed by atoms with Crippen LogP contribution in [0.1, 0.15) is 19.1 Å². The van der Waals surface area contributed by atoms with E-state index in [0.29, 0.717) is 5.82 Å². The van der Waals surface area contributed by atoms with E-state index in [2.05, 4.69) is 15.2 Å². The first kappa shape index (κ1) is 9.57. The summed E-state index contributed by atoms with van der Waals surface area (Å²) in [6.45, 7) is 2.04. The van der Waals surface area contributed by atoms with Gasteiger partial charge >= 0.3 is 6.09 Å². The van der Waals surface area contributed by atoms with Crippen molar-refractivity contribution < 1.29 is 14.1 Å². The second kappa shape index (κ2) is 4.49. The summed E-state index contributed by atoms with van der Waals surface area (Å²) >= 11 is 0. The zero-order valence-corrected chi connectivity index (χ0v) is 7.66. The molecule has 0 aliphatic carbocycles. The Morgan fingerprint density at radius 2 is 2.54 bits per heavy atom. The second-order valence-corrected chi connectivity index (χ2v) is 2.55. The first-order valence-corrected chi connectivity index (χ1v) is 4.06. The SMILES string of the molecule is CCCc1cc(NC(=O)OC)no1. The largest absolute Gasteiger partial charge is 0.453 e. The lowest BCUT2D eigenvalue weighted by Crippen LogP contribution is -2.10. The highest BCUT2D eigenvalue weighted by Crippen LogP contribution is 2.10. The number of rotatable bonds is 3. The highest BCUT2D eigenvalue weighted by molar-refractivity contribution is 5.82. The molecule has 0 bridgehead atoms. The number of nitrogens with zero attached hydrogens (tertiary/aromatic N) is 1. The summed E-state index contributed by atoms with van der Waals surface area (Å²) in [6.07, 6.45) is 1.25. The van der Waals surface area contributed by atoms with Crippen molar-refractivity contribution >= 4 is 11.9 Å². The molecule has 1 heterocycles. The molecule has 1 amide bonds. The first-order chi connectivity index (χ1) is 6.26. The molecule has 1 rings (SSSR count). The van der Waals surface area contributed by atoms with Crippen LogP contribution in [0.2, 0.25) is 0 Å². The molecule has 0 saturated heterocycles. The van der Waals surface area contributed by atoms with Crippen molar-refractivity contribution in [2.24, 2.45) is 0 Å². The fourth-order valence-electron chi connectivity index (χ4n) is 0.892. The van der Waals surface area contributed by atoms with Gasteiger partial charge < -0.3 is 9.26 Å². The zero-order valence-electron chi connectivity index (χ0n) is 7.66. The standard InChI is InChI=1S/C8H12N2O3/c1-3-4-6-5-7(10-13-6)9-8(11)12-2/h5H,3-4H2,1-2H3,(H,9,10,11). The maximum Gasteiger partial charge on any atom is 0.412 e. The smallest absolute Gasteiger partial charge is 0.412 e. The summed E-state index contributed by atoms with van der Waals surface area (Å²) in [6, 6.07) is 1.68. The van der Waals surface area contributed by atoms with Gasteiger partial charge in [-0.05, 0) is 6.42 Å². The van der Waals surface area contributed by atoms with Gasteiger partial charge in [0.1, 0.15) is 5.76 Å². The van der Waals surface area contributed by atoms with Crippen LogP contribution in [0.25, 0.3) is 0 Å². The molecule has 0 aliphatic heterocycles. The maximum atomic E-state index is 10.7. The van der Waals surface area contributed by atoms with E-state index in [-0.39, 0.29) is 0 Å². The molecule has 0 fully saturated rings. The van der Waals surface area contributed by atoms with Gasteiger partial charge in [0.25, 0.3) is 0 Å². The van der Waals surface area contributed by atoms with Gasteiger partial charge in [-0.15, -0.1) is 0 Å². The zero-order chi connectivity index (χ0) is 9.68. The van der Waals surface area contributed by atoms with Crippen LogP contribution in [0.3, 0.4) is 0 Å². The van der Waals surface area contributed by atoms with Gasteiger partial charge in [0.2, 0.25) is 0 Å². The van der Waals surface area contributed by atoms with Gasteiger partial charge in [-0.3, -0.25) is 5.32 Å². The number of aryl methyl sites for hydroxylation is 1. The molecule has 5 heteroatoms. The van der Waals surface area contributed by atoms with Crippen LogP contribution in [-0.4, -0.2) is 18.4 Å². The number of amides is 1. The number of anilines is 1. The van der Waals surface area contributed by atoms with Crippen LogP contribution in [0, 0.1) is 0 Å². The Kier molecular flexibility index (Phi) is 3.31. The van der Waals surface area contributed by atoms with Gasteiger partial charge in [-0.2, -0.15) is 0 Å². The number of methoxy groups -OCH3 is 1. The van der Waals surface area contributed by atoms with Crippen LogP contribution in [-0.2, 0) is 11.2 Å². The third-order valence-electron chi connectivity index (χ3n) is 1.47. The van der Waals surface area contributed by atoms with Gasteiger partial charge in [0.05, 0.1) is 7.11 Å². The molecule has 1 aromatic rings. The Morgan fingerprint density at radius 1 is 1.77 bits per heavy atom. The minimum Gasteiger partial charge on any atom is -0.453 e. The number of nitrogens with one attached hydrogen (secondary N) is 1. The Bertz CT molecular complexity index is 283. The third kappa shape index (κ3) is 2.77. The molecule has 13 heavy (non-hydrogen) atoms. The number of carbonyl (C=O) groups is 1. The predicted octanol–water partition coefficient (Wildman–Crippen LogP) is 1.81. The molecule has 0 saturated carbocycles. The fourth-order valence-corrected chi connectivity index (χ4v) is 0.892. The lowest BCUT2D eigenvalue weighted by atomic mass is 10.3. The van der Waals surface area contributed by atoms with E-state index in [1.54, 1.807) is 6.07 Å². The highest BCUT2D eigenvalue weighted by Gasteiger charge is 2.06. The lowest BCUT2D eigenvalue weighted by molar-refractivity contribution is 0.186. The Morgan fingerprint density at radius 3 is 3.15 bits per heavy atom. The molecule has 1 N–H and O–H groups in total. The highest BCUT2D eigenvalue weighted by atomic mass is 16.5. The first-order valence-electron chi connectivity index (χ1n) is 4.06. The second-order valence-electron chi connectivity index (χ2n) is 2.55. The van der Waals surface area contributed by atoms with Crippen LogP contribution < -0.4 is 5.32 Å². The van der Waals surface area contributed by atoms with Crippen molar-refractivity contribution in [3.05, 3.63) is 11.8 Å². The summed E-state index contributed by atoms with van der Waals surface area (Å²) in [5.41, 5.74) is 0. The summed E-state index contributed by atoms with van der Waals surface area (Å²) in [7, 11) is 1.29. The molecule has 0 aromatic carbocycles. The van der Waals surface area contributed by atoms with Crippen LogP contribution in [0.4, 0.5) is 10.6 Å². The minimum absolute atomic E-state index is 0.385. The Labute approximate surface area is 76.0 Å². The fraction of sp³-hybridized carbons (Fsp3) is 0.500. The number of hydrogen-bond donors (Lipinski definition) is 1. The normalized spacial score (nSPS) is 9.69. The number of ether oxygens (including phenoxy) is 1. The van der Waals surface area contributed by atoms with Crippen molar-refractivity contribution in [1.82, 2.24) is 5.16 Å². The van der Waals surface area contributed by atoms with Crippen molar-refractivity contribution in [2.75, 3.05) is 12.4 Å².